The number of anilines is 1. The second-order valence-corrected chi connectivity index (χ2v) is 9.37. The second-order valence-electron chi connectivity index (χ2n) is 6.43. The standard InChI is InChI=1S/C21H14BrN3O4S2/c1-12-2-4-13(5-3-12)18-20(29-15-8-6-14(22)7-9-15)31-21(23-18)24-19(26)16-10-11-17(30-16)25(27)28/h2-11H,1H3,(H,23,24,26). The topological polar surface area (TPSA) is 94.4 Å². The first kappa shape index (κ1) is 21.2. The summed E-state index contributed by atoms with van der Waals surface area (Å²) in [5.74, 6) is 0.171. The van der Waals surface area contributed by atoms with E-state index >= 15 is 0 Å². The third-order valence-corrected chi connectivity index (χ3v) is 6.57. The van der Waals surface area contributed by atoms with Gasteiger partial charge in [0.05, 0.1) is 9.80 Å². The number of rotatable bonds is 6. The van der Waals surface area contributed by atoms with E-state index in [1.54, 1.807) is 0 Å². The molecule has 0 aliphatic heterocycles. The van der Waals surface area contributed by atoms with Crippen LogP contribution >= 0.6 is 38.6 Å². The van der Waals surface area contributed by atoms with Gasteiger partial charge in [0.25, 0.3) is 5.91 Å². The lowest BCUT2D eigenvalue weighted by Gasteiger charge is -2.05. The zero-order valence-corrected chi connectivity index (χ0v) is 19.2. The lowest BCUT2D eigenvalue weighted by Crippen LogP contribution is -2.09. The largest absolute Gasteiger partial charge is 0.444 e. The van der Waals surface area contributed by atoms with E-state index in [1.165, 1.54) is 23.5 Å². The van der Waals surface area contributed by atoms with E-state index in [-0.39, 0.29) is 9.88 Å². The number of hydrogen-bond donors (Lipinski definition) is 1. The number of halogens is 1. The Balaban J connectivity index is 1.64. The van der Waals surface area contributed by atoms with Crippen LogP contribution in [-0.4, -0.2) is 15.8 Å². The van der Waals surface area contributed by atoms with Crippen molar-refractivity contribution in [3.63, 3.8) is 0 Å². The molecule has 2 heterocycles. The Bertz CT molecular complexity index is 1250. The number of thiophene rings is 1. The number of hydrogen-bond acceptors (Lipinski definition) is 7. The summed E-state index contributed by atoms with van der Waals surface area (Å²) in [6.45, 7) is 2.00. The molecule has 0 aliphatic carbocycles. The van der Waals surface area contributed by atoms with E-state index in [9.17, 15) is 14.9 Å². The van der Waals surface area contributed by atoms with Gasteiger partial charge in [0.15, 0.2) is 5.13 Å². The quantitative estimate of drug-likeness (QED) is 0.222. The Hall–Kier alpha value is -3.08. The minimum atomic E-state index is -0.523. The summed E-state index contributed by atoms with van der Waals surface area (Å²) >= 11 is 5.40. The van der Waals surface area contributed by atoms with Gasteiger partial charge >= 0.3 is 5.00 Å². The summed E-state index contributed by atoms with van der Waals surface area (Å²) in [5, 5.41) is 14.4. The fourth-order valence-electron chi connectivity index (χ4n) is 2.64. The SMILES string of the molecule is Cc1ccc(-c2nc(NC(=O)c3ccc([N+](=O)[O-])s3)sc2Oc2ccc(Br)cc2)cc1. The molecule has 4 rings (SSSR count). The second kappa shape index (κ2) is 8.96. The first-order valence-electron chi connectivity index (χ1n) is 8.96. The predicted molar refractivity (Wildman–Crippen MR) is 125 cm³/mol. The highest BCUT2D eigenvalue weighted by Gasteiger charge is 2.20. The first-order chi connectivity index (χ1) is 14.9. The summed E-state index contributed by atoms with van der Waals surface area (Å²) < 4.78 is 6.98. The maximum atomic E-state index is 12.5. The summed E-state index contributed by atoms with van der Waals surface area (Å²) in [5.41, 5.74) is 2.56. The number of aryl methyl sites for hydroxylation is 1. The molecule has 0 radical (unpaired) electrons. The lowest BCUT2D eigenvalue weighted by atomic mass is 10.1. The van der Waals surface area contributed by atoms with Gasteiger partial charge in [0.2, 0.25) is 5.06 Å². The molecule has 1 amide bonds. The van der Waals surface area contributed by atoms with Crippen LogP contribution in [0.4, 0.5) is 10.1 Å². The fraction of sp³-hybridized carbons (Fsp3) is 0.0476. The van der Waals surface area contributed by atoms with Crippen LogP contribution in [0.2, 0.25) is 0 Å². The van der Waals surface area contributed by atoms with Gasteiger partial charge < -0.3 is 4.74 Å². The van der Waals surface area contributed by atoms with Crippen LogP contribution < -0.4 is 10.1 Å². The van der Waals surface area contributed by atoms with Crippen molar-refractivity contribution in [3.05, 3.63) is 85.7 Å². The van der Waals surface area contributed by atoms with Crippen molar-refractivity contribution in [2.75, 3.05) is 5.32 Å². The summed E-state index contributed by atoms with van der Waals surface area (Å²) in [6.07, 6.45) is 0. The third-order valence-electron chi connectivity index (χ3n) is 4.16. The minimum Gasteiger partial charge on any atom is -0.444 e. The molecule has 0 spiro atoms. The summed E-state index contributed by atoms with van der Waals surface area (Å²) in [7, 11) is 0. The molecule has 156 valence electrons. The molecule has 2 aromatic heterocycles. The van der Waals surface area contributed by atoms with Gasteiger partial charge in [-0.05, 0) is 37.3 Å². The number of nitrogens with zero attached hydrogens (tertiary/aromatic N) is 2. The van der Waals surface area contributed by atoms with Crippen molar-refractivity contribution in [1.29, 1.82) is 0 Å². The zero-order chi connectivity index (χ0) is 22.0. The van der Waals surface area contributed by atoms with Crippen molar-refractivity contribution in [1.82, 2.24) is 4.98 Å². The molecule has 4 aromatic rings. The molecule has 0 fully saturated rings. The van der Waals surface area contributed by atoms with E-state index < -0.39 is 10.8 Å². The molecular formula is C21H14BrN3O4S2. The molecule has 0 bridgehead atoms. The first-order valence-corrected chi connectivity index (χ1v) is 11.4. The third kappa shape index (κ3) is 4.98. The number of benzene rings is 2. The van der Waals surface area contributed by atoms with Crippen LogP contribution in [0.3, 0.4) is 0 Å². The average Bonchev–Trinajstić information content (AvgIpc) is 3.38. The van der Waals surface area contributed by atoms with Crippen LogP contribution in [0.5, 0.6) is 10.8 Å². The van der Waals surface area contributed by atoms with E-state index in [0.29, 0.717) is 21.6 Å². The summed E-state index contributed by atoms with van der Waals surface area (Å²) in [6, 6.07) is 17.9. The van der Waals surface area contributed by atoms with Gasteiger partial charge in [-0.25, -0.2) is 4.98 Å². The number of carbonyl (C=O) groups is 1. The number of aromatic nitrogens is 1. The van der Waals surface area contributed by atoms with Gasteiger partial charge in [0.1, 0.15) is 11.4 Å². The average molecular weight is 516 g/mol. The molecule has 0 unspecified atom stereocenters. The Kier molecular flexibility index (Phi) is 6.12. The minimum absolute atomic E-state index is 0.0936. The Morgan fingerprint density at radius 3 is 2.42 bits per heavy atom. The Labute approximate surface area is 193 Å². The molecular weight excluding hydrogens is 502 g/mol. The number of carbonyl (C=O) groups excluding carboxylic acids is 1. The maximum absolute atomic E-state index is 12.5. The summed E-state index contributed by atoms with van der Waals surface area (Å²) in [4.78, 5) is 27.7. The predicted octanol–water partition coefficient (Wildman–Crippen LogP) is 6.90. The highest BCUT2D eigenvalue weighted by Crippen LogP contribution is 2.41. The number of ether oxygens (including phenoxy) is 1. The van der Waals surface area contributed by atoms with Crippen LogP contribution in [0.25, 0.3) is 11.3 Å². The highest BCUT2D eigenvalue weighted by atomic mass is 79.9. The number of nitro groups is 1. The molecule has 31 heavy (non-hydrogen) atoms. The lowest BCUT2D eigenvalue weighted by molar-refractivity contribution is -0.380. The van der Waals surface area contributed by atoms with Crippen molar-refractivity contribution >= 4 is 54.6 Å². The van der Waals surface area contributed by atoms with Crippen molar-refractivity contribution in [3.8, 4) is 22.1 Å². The molecule has 0 atom stereocenters. The Morgan fingerprint density at radius 1 is 1.06 bits per heavy atom. The molecule has 0 saturated heterocycles. The molecule has 10 heteroatoms. The maximum Gasteiger partial charge on any atom is 0.324 e. The highest BCUT2D eigenvalue weighted by molar-refractivity contribution is 9.10. The Morgan fingerprint density at radius 2 is 1.77 bits per heavy atom. The number of nitrogens with one attached hydrogen (secondary N) is 1. The molecule has 0 saturated carbocycles. The monoisotopic (exact) mass is 515 g/mol. The zero-order valence-electron chi connectivity index (χ0n) is 16.0. The molecule has 2 aromatic carbocycles. The van der Waals surface area contributed by atoms with E-state index in [0.717, 1.165) is 26.9 Å². The molecule has 1 N–H and O–H groups in total. The fourth-order valence-corrected chi connectivity index (χ4v) is 4.47. The smallest absolute Gasteiger partial charge is 0.324 e. The number of thiazole rings is 1. The van der Waals surface area contributed by atoms with Gasteiger partial charge in [-0.1, -0.05) is 68.4 Å². The van der Waals surface area contributed by atoms with Crippen LogP contribution in [0.1, 0.15) is 15.2 Å². The normalized spacial score (nSPS) is 10.6. The van der Waals surface area contributed by atoms with E-state index in [4.69, 9.17) is 4.74 Å². The van der Waals surface area contributed by atoms with Crippen molar-refractivity contribution < 1.29 is 14.5 Å². The van der Waals surface area contributed by atoms with Crippen LogP contribution in [0, 0.1) is 17.0 Å². The molecule has 0 aliphatic rings. The van der Waals surface area contributed by atoms with Gasteiger partial charge in [-0.3, -0.25) is 20.2 Å². The van der Waals surface area contributed by atoms with Gasteiger partial charge in [0, 0.05) is 16.1 Å². The van der Waals surface area contributed by atoms with E-state index in [1.807, 2.05) is 55.5 Å². The van der Waals surface area contributed by atoms with Gasteiger partial charge in [-0.15, -0.1) is 0 Å². The van der Waals surface area contributed by atoms with E-state index in [2.05, 4.69) is 26.2 Å². The van der Waals surface area contributed by atoms with Crippen molar-refractivity contribution in [2.45, 2.75) is 6.92 Å². The molecule has 7 nitrogen and oxygen atoms in total. The van der Waals surface area contributed by atoms with Crippen LogP contribution in [-0.2, 0) is 0 Å². The van der Waals surface area contributed by atoms with Crippen molar-refractivity contribution in [2.24, 2.45) is 0 Å². The number of amides is 1. The van der Waals surface area contributed by atoms with Gasteiger partial charge in [-0.2, -0.15) is 0 Å². The van der Waals surface area contributed by atoms with Crippen LogP contribution in [0.15, 0.2) is 65.1 Å².